The zero-order valence-electron chi connectivity index (χ0n) is 11.5. The number of nitrogens with one attached hydrogen (secondary N) is 1. The Labute approximate surface area is 118 Å². The molecule has 3 N–H and O–H groups in total. The molecule has 1 aliphatic rings. The molecule has 20 heavy (non-hydrogen) atoms. The maximum absolute atomic E-state index is 13.9. The molecule has 0 aromatic heterocycles. The predicted molar refractivity (Wildman–Crippen MR) is 75.5 cm³/mol. The molecule has 0 saturated heterocycles. The number of ether oxygens (including phenoxy) is 1. The van der Waals surface area contributed by atoms with Crippen LogP contribution in [0.15, 0.2) is 18.2 Å². The van der Waals surface area contributed by atoms with Crippen LogP contribution in [-0.2, 0) is 0 Å². The first kappa shape index (κ1) is 15.1. The summed E-state index contributed by atoms with van der Waals surface area (Å²) >= 11 is 0. The second kappa shape index (κ2) is 7.45. The van der Waals surface area contributed by atoms with Gasteiger partial charge in [-0.1, -0.05) is 12.5 Å². The summed E-state index contributed by atoms with van der Waals surface area (Å²) in [5.41, 5.74) is 0.517. The van der Waals surface area contributed by atoms with Gasteiger partial charge in [-0.15, -0.1) is 0 Å². The van der Waals surface area contributed by atoms with Crippen molar-refractivity contribution in [1.29, 1.82) is 0 Å². The van der Waals surface area contributed by atoms with Gasteiger partial charge in [0.1, 0.15) is 0 Å². The van der Waals surface area contributed by atoms with Crippen LogP contribution in [0.4, 0.5) is 10.1 Å². The van der Waals surface area contributed by atoms with Crippen LogP contribution in [0.2, 0.25) is 0 Å². The van der Waals surface area contributed by atoms with Crippen LogP contribution in [0, 0.1) is 5.82 Å². The maximum Gasteiger partial charge on any atom is 0.178 e. The van der Waals surface area contributed by atoms with E-state index in [0.717, 1.165) is 25.7 Å². The molecule has 5 heteroatoms. The average molecular weight is 283 g/mol. The minimum Gasteiger partial charge on any atom is -0.485 e. The van der Waals surface area contributed by atoms with Crippen molar-refractivity contribution in [3.05, 3.63) is 24.0 Å². The van der Waals surface area contributed by atoms with Gasteiger partial charge in [-0.25, -0.2) is 4.39 Å². The van der Waals surface area contributed by atoms with E-state index in [4.69, 9.17) is 9.84 Å². The Morgan fingerprint density at radius 1 is 1.30 bits per heavy atom. The fourth-order valence-electron chi connectivity index (χ4n) is 2.41. The van der Waals surface area contributed by atoms with Crippen LogP contribution in [0.3, 0.4) is 0 Å². The summed E-state index contributed by atoms with van der Waals surface area (Å²) in [5, 5.41) is 21.1. The lowest BCUT2D eigenvalue weighted by atomic mass is 9.98. The molecule has 1 aromatic carbocycles. The molecule has 0 heterocycles. The van der Waals surface area contributed by atoms with Gasteiger partial charge in [-0.05, 0) is 37.8 Å². The lowest BCUT2D eigenvalue weighted by Gasteiger charge is -2.25. The van der Waals surface area contributed by atoms with Crippen molar-refractivity contribution in [3.8, 4) is 5.75 Å². The summed E-state index contributed by atoms with van der Waals surface area (Å²) in [6.45, 7) is -0.178. The van der Waals surface area contributed by atoms with Crippen molar-refractivity contribution in [2.75, 3.05) is 18.5 Å². The molecule has 4 nitrogen and oxygen atoms in total. The van der Waals surface area contributed by atoms with E-state index >= 15 is 0 Å². The monoisotopic (exact) mass is 283 g/mol. The molecule has 1 unspecified atom stereocenters. The SMILES string of the molecule is OCC(O)CNc1cccc(F)c1OC1CCCCC1. The van der Waals surface area contributed by atoms with Gasteiger partial charge in [0.25, 0.3) is 0 Å². The van der Waals surface area contributed by atoms with E-state index in [0.29, 0.717) is 5.69 Å². The predicted octanol–water partition coefficient (Wildman–Crippen LogP) is 2.30. The van der Waals surface area contributed by atoms with Crippen molar-refractivity contribution >= 4 is 5.69 Å². The Morgan fingerprint density at radius 2 is 2.05 bits per heavy atom. The van der Waals surface area contributed by atoms with Gasteiger partial charge in [-0.3, -0.25) is 0 Å². The first-order chi connectivity index (χ1) is 9.70. The number of hydrogen-bond donors (Lipinski definition) is 3. The van der Waals surface area contributed by atoms with E-state index in [1.165, 1.54) is 12.5 Å². The minimum atomic E-state index is -0.874. The van der Waals surface area contributed by atoms with Crippen molar-refractivity contribution in [1.82, 2.24) is 0 Å². The fourth-order valence-corrected chi connectivity index (χ4v) is 2.41. The third-order valence-corrected chi connectivity index (χ3v) is 3.54. The van der Waals surface area contributed by atoms with Gasteiger partial charge in [-0.2, -0.15) is 0 Å². The second-order valence-electron chi connectivity index (χ2n) is 5.21. The molecule has 1 aliphatic carbocycles. The van der Waals surface area contributed by atoms with E-state index in [2.05, 4.69) is 5.32 Å². The third kappa shape index (κ3) is 4.08. The molecule has 0 amide bonds. The topological polar surface area (TPSA) is 61.7 Å². The molecule has 2 rings (SSSR count). The van der Waals surface area contributed by atoms with E-state index in [1.54, 1.807) is 12.1 Å². The first-order valence-electron chi connectivity index (χ1n) is 7.18. The summed E-state index contributed by atoms with van der Waals surface area (Å²) in [5.74, 6) is -0.191. The molecule has 112 valence electrons. The van der Waals surface area contributed by atoms with Crippen molar-refractivity contribution in [2.45, 2.75) is 44.3 Å². The smallest absolute Gasteiger partial charge is 0.178 e. The molecular weight excluding hydrogens is 261 g/mol. The molecule has 0 bridgehead atoms. The number of hydrogen-bond acceptors (Lipinski definition) is 4. The zero-order chi connectivity index (χ0) is 14.4. The number of anilines is 1. The van der Waals surface area contributed by atoms with Crippen LogP contribution in [0.1, 0.15) is 32.1 Å². The largest absolute Gasteiger partial charge is 0.485 e. The Morgan fingerprint density at radius 3 is 2.75 bits per heavy atom. The highest BCUT2D eigenvalue weighted by molar-refractivity contribution is 5.57. The minimum absolute atomic E-state index is 0.0592. The van der Waals surface area contributed by atoms with Crippen LogP contribution >= 0.6 is 0 Å². The highest BCUT2D eigenvalue weighted by Crippen LogP contribution is 2.31. The van der Waals surface area contributed by atoms with Gasteiger partial charge in [0.15, 0.2) is 11.6 Å². The van der Waals surface area contributed by atoms with Crippen LogP contribution in [-0.4, -0.2) is 35.6 Å². The van der Waals surface area contributed by atoms with Crippen LogP contribution in [0.5, 0.6) is 5.75 Å². The highest BCUT2D eigenvalue weighted by Gasteiger charge is 2.19. The fraction of sp³-hybridized carbons (Fsp3) is 0.600. The Bertz CT molecular complexity index is 422. The number of aliphatic hydroxyl groups is 2. The molecule has 0 aliphatic heterocycles. The number of benzene rings is 1. The number of rotatable bonds is 6. The van der Waals surface area contributed by atoms with Crippen LogP contribution in [0.25, 0.3) is 0 Å². The highest BCUT2D eigenvalue weighted by atomic mass is 19.1. The van der Waals surface area contributed by atoms with Gasteiger partial charge in [0.05, 0.1) is 24.5 Å². The summed E-state index contributed by atoms with van der Waals surface area (Å²) in [6, 6.07) is 4.67. The normalized spacial score (nSPS) is 17.8. The van der Waals surface area contributed by atoms with Crippen molar-refractivity contribution < 1.29 is 19.3 Å². The number of aliphatic hydroxyl groups excluding tert-OH is 2. The molecule has 1 aromatic rings. The van der Waals surface area contributed by atoms with E-state index < -0.39 is 11.9 Å². The van der Waals surface area contributed by atoms with E-state index in [-0.39, 0.29) is 25.0 Å². The zero-order valence-corrected chi connectivity index (χ0v) is 11.5. The summed E-state index contributed by atoms with van der Waals surface area (Å²) in [7, 11) is 0. The maximum atomic E-state index is 13.9. The van der Waals surface area contributed by atoms with Gasteiger partial charge in [0, 0.05) is 6.54 Å². The second-order valence-corrected chi connectivity index (χ2v) is 5.21. The quantitative estimate of drug-likeness (QED) is 0.749. The summed E-state index contributed by atoms with van der Waals surface area (Å²) in [6.07, 6.45) is 4.53. The van der Waals surface area contributed by atoms with Crippen molar-refractivity contribution in [3.63, 3.8) is 0 Å². The van der Waals surface area contributed by atoms with Crippen LogP contribution < -0.4 is 10.1 Å². The van der Waals surface area contributed by atoms with Gasteiger partial charge in [0.2, 0.25) is 0 Å². The lowest BCUT2D eigenvalue weighted by molar-refractivity contribution is 0.105. The number of para-hydroxylation sites is 1. The van der Waals surface area contributed by atoms with Gasteiger partial charge < -0.3 is 20.3 Å². The average Bonchev–Trinajstić information content (AvgIpc) is 2.48. The standard InChI is InChI=1S/C15H22FNO3/c16-13-7-4-8-14(17-9-11(19)10-18)15(13)20-12-5-2-1-3-6-12/h4,7-8,11-12,17-19H,1-3,5-6,9-10H2. The number of halogens is 1. The van der Waals surface area contributed by atoms with Gasteiger partial charge >= 0.3 is 0 Å². The first-order valence-corrected chi connectivity index (χ1v) is 7.18. The molecule has 1 fully saturated rings. The molecular formula is C15H22FNO3. The molecule has 1 saturated carbocycles. The van der Waals surface area contributed by atoms with E-state index in [9.17, 15) is 9.50 Å². The van der Waals surface area contributed by atoms with E-state index in [1.807, 2.05) is 0 Å². The van der Waals surface area contributed by atoms with Crippen molar-refractivity contribution in [2.24, 2.45) is 0 Å². The molecule has 1 atom stereocenters. The Balaban J connectivity index is 2.05. The Hall–Kier alpha value is -1.33. The lowest BCUT2D eigenvalue weighted by Crippen LogP contribution is -2.24. The Kier molecular flexibility index (Phi) is 5.61. The third-order valence-electron chi connectivity index (χ3n) is 3.54. The summed E-state index contributed by atoms with van der Waals surface area (Å²) in [4.78, 5) is 0. The summed E-state index contributed by atoms with van der Waals surface area (Å²) < 4.78 is 19.7. The molecule has 0 spiro atoms. The molecule has 0 radical (unpaired) electrons.